The molecule has 0 aromatic carbocycles. The second-order valence-electron chi connectivity index (χ2n) is 2.26. The third-order valence-electron chi connectivity index (χ3n) is 1.28. The summed E-state index contributed by atoms with van der Waals surface area (Å²) in [4.78, 5) is 14.3. The molecule has 13 heavy (non-hydrogen) atoms. The summed E-state index contributed by atoms with van der Waals surface area (Å²) in [6.07, 6.45) is 4.39. The van der Waals surface area contributed by atoms with Gasteiger partial charge in [-0.3, -0.25) is 4.79 Å². The van der Waals surface area contributed by atoms with Crippen molar-refractivity contribution in [2.24, 2.45) is 5.73 Å². The molecule has 0 saturated carbocycles. The van der Waals surface area contributed by atoms with E-state index in [1.165, 1.54) is 6.08 Å². The Bertz CT molecular complexity index is 365. The van der Waals surface area contributed by atoms with Crippen LogP contribution >= 0.6 is 27.5 Å². The van der Waals surface area contributed by atoms with Gasteiger partial charge in [0.25, 0.3) is 0 Å². The third kappa shape index (κ3) is 3.16. The lowest BCUT2D eigenvalue weighted by atomic mass is 10.2. The third-order valence-corrected chi connectivity index (χ3v) is 2.15. The molecule has 0 bridgehead atoms. The highest BCUT2D eigenvalue weighted by Crippen LogP contribution is 2.19. The molecule has 0 fully saturated rings. The minimum atomic E-state index is -0.500. The van der Waals surface area contributed by atoms with Crippen LogP contribution < -0.4 is 5.73 Å². The number of hydrogen-bond donors (Lipinski definition) is 1. The van der Waals surface area contributed by atoms with Crippen LogP contribution in [0.5, 0.6) is 0 Å². The maximum Gasteiger partial charge on any atom is 0.241 e. The van der Waals surface area contributed by atoms with Crippen molar-refractivity contribution in [3.8, 4) is 0 Å². The summed E-state index contributed by atoms with van der Waals surface area (Å²) in [6, 6.07) is 1.63. The Morgan fingerprint density at radius 2 is 2.38 bits per heavy atom. The SMILES string of the molecule is NC(=O)C=Cc1cc(Cl)ncc1Br. The molecule has 1 aromatic heterocycles. The number of primary amides is 1. The van der Waals surface area contributed by atoms with Crippen LogP contribution in [0.3, 0.4) is 0 Å². The molecule has 0 unspecified atom stereocenters. The van der Waals surface area contributed by atoms with Gasteiger partial charge in [-0.2, -0.15) is 0 Å². The van der Waals surface area contributed by atoms with Gasteiger partial charge in [0.1, 0.15) is 5.15 Å². The van der Waals surface area contributed by atoms with E-state index in [4.69, 9.17) is 17.3 Å². The summed E-state index contributed by atoms with van der Waals surface area (Å²) in [5.74, 6) is -0.500. The quantitative estimate of drug-likeness (QED) is 0.654. The molecular weight excluding hydrogens is 255 g/mol. The second-order valence-corrected chi connectivity index (χ2v) is 3.51. The van der Waals surface area contributed by atoms with Crippen LogP contribution in [0.1, 0.15) is 5.56 Å². The van der Waals surface area contributed by atoms with E-state index >= 15 is 0 Å². The molecule has 1 amide bonds. The van der Waals surface area contributed by atoms with E-state index in [9.17, 15) is 4.79 Å². The van der Waals surface area contributed by atoms with Crippen molar-refractivity contribution in [1.29, 1.82) is 0 Å². The number of halogens is 2. The Morgan fingerprint density at radius 3 is 3.00 bits per heavy atom. The Balaban J connectivity index is 3.00. The number of hydrogen-bond acceptors (Lipinski definition) is 2. The fourth-order valence-electron chi connectivity index (χ4n) is 0.727. The number of nitrogens with zero attached hydrogens (tertiary/aromatic N) is 1. The molecule has 0 radical (unpaired) electrons. The lowest BCUT2D eigenvalue weighted by Gasteiger charge is -1.97. The van der Waals surface area contributed by atoms with Gasteiger partial charge in [-0.05, 0) is 33.6 Å². The zero-order valence-corrected chi connectivity index (χ0v) is 8.84. The molecule has 0 saturated heterocycles. The van der Waals surface area contributed by atoms with Crippen molar-refractivity contribution in [3.63, 3.8) is 0 Å². The molecule has 3 nitrogen and oxygen atoms in total. The van der Waals surface area contributed by atoms with E-state index in [1.54, 1.807) is 18.3 Å². The van der Waals surface area contributed by atoms with E-state index in [2.05, 4.69) is 20.9 Å². The predicted octanol–water partition coefficient (Wildman–Crippen LogP) is 2.00. The summed E-state index contributed by atoms with van der Waals surface area (Å²) < 4.78 is 0.759. The topological polar surface area (TPSA) is 56.0 Å². The van der Waals surface area contributed by atoms with Gasteiger partial charge >= 0.3 is 0 Å². The average Bonchev–Trinajstić information content (AvgIpc) is 2.06. The fourth-order valence-corrected chi connectivity index (χ4v) is 1.24. The maximum atomic E-state index is 10.4. The Morgan fingerprint density at radius 1 is 1.69 bits per heavy atom. The first kappa shape index (κ1) is 10.2. The standard InChI is InChI=1S/C8H6BrClN2O/c9-6-4-12-7(10)3-5(6)1-2-8(11)13/h1-4H,(H2,11,13). The summed E-state index contributed by atoms with van der Waals surface area (Å²) in [5.41, 5.74) is 5.70. The first-order valence-electron chi connectivity index (χ1n) is 3.38. The van der Waals surface area contributed by atoms with Gasteiger partial charge in [0.05, 0.1) is 0 Å². The van der Waals surface area contributed by atoms with Crippen molar-refractivity contribution < 1.29 is 4.79 Å². The van der Waals surface area contributed by atoms with Gasteiger partial charge in [-0.1, -0.05) is 11.6 Å². The highest BCUT2D eigenvalue weighted by Gasteiger charge is 1.98. The first-order chi connectivity index (χ1) is 6.09. The van der Waals surface area contributed by atoms with Gasteiger partial charge < -0.3 is 5.73 Å². The Labute approximate surface area is 88.7 Å². The first-order valence-corrected chi connectivity index (χ1v) is 4.55. The molecule has 0 spiro atoms. The summed E-state index contributed by atoms with van der Waals surface area (Å²) in [6.45, 7) is 0. The summed E-state index contributed by atoms with van der Waals surface area (Å²) >= 11 is 8.91. The number of carbonyl (C=O) groups is 1. The van der Waals surface area contributed by atoms with Gasteiger partial charge in [-0.15, -0.1) is 0 Å². The van der Waals surface area contributed by atoms with Crippen molar-refractivity contribution in [3.05, 3.63) is 33.5 Å². The van der Waals surface area contributed by atoms with Crippen LogP contribution in [0.25, 0.3) is 6.08 Å². The van der Waals surface area contributed by atoms with Crippen molar-refractivity contribution >= 4 is 39.5 Å². The number of carbonyl (C=O) groups excluding carboxylic acids is 1. The van der Waals surface area contributed by atoms with Gasteiger partial charge in [0.2, 0.25) is 5.91 Å². The lowest BCUT2D eigenvalue weighted by Crippen LogP contribution is -2.05. The molecular formula is C8H6BrClN2O. The molecule has 0 aliphatic rings. The molecule has 0 aliphatic carbocycles. The minimum Gasteiger partial charge on any atom is -0.366 e. The van der Waals surface area contributed by atoms with E-state index in [0.29, 0.717) is 5.15 Å². The van der Waals surface area contributed by atoms with Crippen LogP contribution in [0.15, 0.2) is 22.8 Å². The van der Waals surface area contributed by atoms with Gasteiger partial charge in [0.15, 0.2) is 0 Å². The highest BCUT2D eigenvalue weighted by molar-refractivity contribution is 9.10. The number of aromatic nitrogens is 1. The Hall–Kier alpha value is -0.870. The molecule has 0 atom stereocenters. The van der Waals surface area contributed by atoms with Crippen LogP contribution in [0.2, 0.25) is 5.15 Å². The smallest absolute Gasteiger partial charge is 0.241 e. The zero-order chi connectivity index (χ0) is 9.84. The molecule has 1 heterocycles. The maximum absolute atomic E-state index is 10.4. The van der Waals surface area contributed by atoms with Crippen molar-refractivity contribution in [1.82, 2.24) is 4.98 Å². The normalized spacial score (nSPS) is 10.6. The van der Waals surface area contributed by atoms with E-state index < -0.39 is 5.91 Å². The average molecular weight is 262 g/mol. The van der Waals surface area contributed by atoms with Gasteiger partial charge in [0, 0.05) is 16.7 Å². The van der Waals surface area contributed by atoms with Crippen molar-refractivity contribution in [2.75, 3.05) is 0 Å². The molecule has 5 heteroatoms. The number of pyridine rings is 1. The second kappa shape index (κ2) is 4.39. The number of amides is 1. The van der Waals surface area contributed by atoms with E-state index in [0.717, 1.165) is 10.0 Å². The monoisotopic (exact) mass is 260 g/mol. The fraction of sp³-hybridized carbons (Fsp3) is 0. The van der Waals surface area contributed by atoms with Crippen LogP contribution in [-0.2, 0) is 4.79 Å². The molecule has 1 aromatic rings. The molecule has 2 N–H and O–H groups in total. The van der Waals surface area contributed by atoms with Crippen LogP contribution in [0.4, 0.5) is 0 Å². The largest absolute Gasteiger partial charge is 0.366 e. The molecule has 68 valence electrons. The predicted molar refractivity (Wildman–Crippen MR) is 55.2 cm³/mol. The van der Waals surface area contributed by atoms with Crippen LogP contribution in [0, 0.1) is 0 Å². The summed E-state index contributed by atoms with van der Waals surface area (Å²) in [5, 5.41) is 0.368. The Kier molecular flexibility index (Phi) is 3.45. The van der Waals surface area contributed by atoms with Crippen LogP contribution in [-0.4, -0.2) is 10.9 Å². The number of rotatable bonds is 2. The minimum absolute atomic E-state index is 0.368. The zero-order valence-electron chi connectivity index (χ0n) is 6.50. The molecule has 1 rings (SSSR count). The summed E-state index contributed by atoms with van der Waals surface area (Å²) in [7, 11) is 0. The van der Waals surface area contributed by atoms with Crippen molar-refractivity contribution in [2.45, 2.75) is 0 Å². The van der Waals surface area contributed by atoms with Gasteiger partial charge in [-0.25, -0.2) is 4.98 Å². The molecule has 0 aliphatic heterocycles. The number of nitrogens with two attached hydrogens (primary N) is 1. The lowest BCUT2D eigenvalue weighted by molar-refractivity contribution is -0.113. The van der Waals surface area contributed by atoms with E-state index in [1.807, 2.05) is 0 Å². The van der Waals surface area contributed by atoms with E-state index in [-0.39, 0.29) is 0 Å². The highest BCUT2D eigenvalue weighted by atomic mass is 79.9.